The topological polar surface area (TPSA) is 94.2 Å². The molecule has 0 saturated heterocycles. The number of nitrogens with one attached hydrogen (secondary N) is 1. The van der Waals surface area contributed by atoms with E-state index in [0.29, 0.717) is 36.8 Å². The van der Waals surface area contributed by atoms with Crippen molar-refractivity contribution in [3.05, 3.63) is 77.4 Å². The van der Waals surface area contributed by atoms with Crippen LogP contribution in [0.5, 0.6) is 5.75 Å². The van der Waals surface area contributed by atoms with Crippen molar-refractivity contribution in [2.24, 2.45) is 0 Å². The molecule has 0 aromatic heterocycles. The van der Waals surface area contributed by atoms with Gasteiger partial charge in [-0.1, -0.05) is 51.1 Å². The predicted molar refractivity (Wildman–Crippen MR) is 149 cm³/mol. The van der Waals surface area contributed by atoms with E-state index in [2.05, 4.69) is 49.8 Å². The van der Waals surface area contributed by atoms with Crippen LogP contribution in [-0.4, -0.2) is 47.7 Å². The maximum absolute atomic E-state index is 13.3. The van der Waals surface area contributed by atoms with Crippen molar-refractivity contribution < 1.29 is 27.4 Å². The normalized spacial score (nSPS) is 13.5. The molecule has 0 aliphatic carbocycles. The minimum Gasteiger partial charge on any atom is -0.465 e. The molecule has 9 heteroatoms. The van der Waals surface area contributed by atoms with Crippen LogP contribution in [0.2, 0.25) is 0 Å². The molecule has 0 unspecified atom stereocenters. The van der Waals surface area contributed by atoms with Crippen LogP contribution >= 0.6 is 0 Å². The van der Waals surface area contributed by atoms with E-state index >= 15 is 0 Å². The number of anilines is 2. The number of fused-ring (bicyclic) bond motifs is 1. The second kappa shape index (κ2) is 11.1. The Bertz CT molecular complexity index is 1410. The van der Waals surface area contributed by atoms with Gasteiger partial charge in [-0.15, -0.1) is 0 Å². The van der Waals surface area contributed by atoms with Gasteiger partial charge >= 0.3 is 0 Å². The van der Waals surface area contributed by atoms with E-state index in [9.17, 15) is 13.2 Å². The van der Waals surface area contributed by atoms with Crippen LogP contribution in [0, 0.1) is 0 Å². The fraction of sp³-hybridized carbons (Fsp3) is 0.345. The summed E-state index contributed by atoms with van der Waals surface area (Å²) in [5.74, 6) is 0.151. The number of nitrogens with zero attached hydrogens (tertiary/aromatic N) is 1. The zero-order valence-electron chi connectivity index (χ0n) is 22.4. The third-order valence-corrected chi connectivity index (χ3v) is 6.88. The number of benzene rings is 3. The molecule has 3 aromatic carbocycles. The monoisotopic (exact) mass is 538 g/mol. The third-order valence-electron chi connectivity index (χ3n) is 6.29. The standard InChI is InChI=1S/C29H34N2O6S/c1-29(2,3)23-9-6-20(7-10-23)21-8-12-25-22(16-21)18-31(28(25)32)24-11-13-27(37-19-36-15-14-35-4)26(17-24)30-38(5,33)34/h6-13,16-17,30H,14-15,18-19H2,1-5H3. The molecule has 3 aromatic rings. The van der Waals surface area contributed by atoms with Crippen molar-refractivity contribution in [2.45, 2.75) is 32.7 Å². The van der Waals surface area contributed by atoms with Crippen molar-refractivity contribution in [1.82, 2.24) is 0 Å². The Morgan fingerprint density at radius 3 is 2.32 bits per heavy atom. The van der Waals surface area contributed by atoms with E-state index in [1.807, 2.05) is 18.2 Å². The lowest BCUT2D eigenvalue weighted by Gasteiger charge is -2.19. The van der Waals surface area contributed by atoms with Crippen LogP contribution < -0.4 is 14.4 Å². The van der Waals surface area contributed by atoms with Gasteiger partial charge < -0.3 is 19.1 Å². The summed E-state index contributed by atoms with van der Waals surface area (Å²) >= 11 is 0. The van der Waals surface area contributed by atoms with Gasteiger partial charge in [0, 0.05) is 18.4 Å². The maximum Gasteiger partial charge on any atom is 0.258 e. The first kappa shape index (κ1) is 27.6. The number of carbonyl (C=O) groups excluding carboxylic acids is 1. The van der Waals surface area contributed by atoms with Crippen LogP contribution in [0.25, 0.3) is 11.1 Å². The van der Waals surface area contributed by atoms with Crippen molar-refractivity contribution in [3.63, 3.8) is 0 Å². The number of methoxy groups -OCH3 is 1. The van der Waals surface area contributed by atoms with Gasteiger partial charge in [-0.2, -0.15) is 0 Å². The Balaban J connectivity index is 1.56. The molecule has 8 nitrogen and oxygen atoms in total. The first-order valence-electron chi connectivity index (χ1n) is 12.3. The second-order valence-corrected chi connectivity index (χ2v) is 12.1. The number of hydrogen-bond donors (Lipinski definition) is 1. The summed E-state index contributed by atoms with van der Waals surface area (Å²) < 4.78 is 42.4. The number of sulfonamides is 1. The van der Waals surface area contributed by atoms with Crippen LogP contribution in [0.1, 0.15) is 42.3 Å². The highest BCUT2D eigenvalue weighted by molar-refractivity contribution is 7.92. The molecular weight excluding hydrogens is 504 g/mol. The lowest BCUT2D eigenvalue weighted by Crippen LogP contribution is -2.23. The predicted octanol–water partition coefficient (Wildman–Crippen LogP) is 5.18. The van der Waals surface area contributed by atoms with E-state index in [4.69, 9.17) is 14.2 Å². The Kier molecular flexibility index (Phi) is 8.10. The molecule has 4 rings (SSSR count). The highest BCUT2D eigenvalue weighted by Crippen LogP contribution is 2.36. The molecule has 1 aliphatic heterocycles. The smallest absolute Gasteiger partial charge is 0.258 e. The average Bonchev–Trinajstić information content (AvgIpc) is 3.19. The molecule has 0 bridgehead atoms. The summed E-state index contributed by atoms with van der Waals surface area (Å²) in [6.07, 6.45) is 1.06. The maximum atomic E-state index is 13.3. The summed E-state index contributed by atoms with van der Waals surface area (Å²) in [5, 5.41) is 0. The molecule has 0 spiro atoms. The van der Waals surface area contributed by atoms with E-state index < -0.39 is 10.0 Å². The number of amides is 1. The number of carbonyl (C=O) groups is 1. The molecule has 1 heterocycles. The summed E-state index contributed by atoms with van der Waals surface area (Å²) in [6, 6.07) is 19.3. The zero-order chi connectivity index (χ0) is 27.5. The minimum absolute atomic E-state index is 0.0747. The molecule has 0 saturated carbocycles. The first-order valence-corrected chi connectivity index (χ1v) is 14.2. The van der Waals surface area contributed by atoms with E-state index in [1.165, 1.54) is 5.56 Å². The zero-order valence-corrected chi connectivity index (χ0v) is 23.2. The molecule has 1 amide bonds. The SMILES string of the molecule is COCCOCOc1ccc(N2Cc3cc(-c4ccc(C(C)(C)C)cc4)ccc3C2=O)cc1NS(C)(=O)=O. The fourth-order valence-corrected chi connectivity index (χ4v) is 4.83. The van der Waals surface area contributed by atoms with E-state index in [-0.39, 0.29) is 23.8 Å². The molecule has 1 aliphatic rings. The Morgan fingerprint density at radius 1 is 0.947 bits per heavy atom. The van der Waals surface area contributed by atoms with Crippen molar-refractivity contribution in [3.8, 4) is 16.9 Å². The van der Waals surface area contributed by atoms with Gasteiger partial charge in [0.1, 0.15) is 5.75 Å². The van der Waals surface area contributed by atoms with Crippen LogP contribution in [-0.2, 0) is 31.5 Å². The van der Waals surface area contributed by atoms with Crippen molar-refractivity contribution in [2.75, 3.05) is 43.0 Å². The third kappa shape index (κ3) is 6.53. The molecule has 0 fully saturated rings. The molecule has 202 valence electrons. The quantitative estimate of drug-likeness (QED) is 0.282. The molecular formula is C29H34N2O6S. The second-order valence-electron chi connectivity index (χ2n) is 10.3. The lowest BCUT2D eigenvalue weighted by molar-refractivity contribution is -0.00813. The number of rotatable bonds is 10. The highest BCUT2D eigenvalue weighted by Gasteiger charge is 2.29. The first-order chi connectivity index (χ1) is 18.0. The largest absolute Gasteiger partial charge is 0.465 e. The van der Waals surface area contributed by atoms with Crippen molar-refractivity contribution >= 4 is 27.3 Å². The van der Waals surface area contributed by atoms with Gasteiger partial charge in [0.2, 0.25) is 10.0 Å². The van der Waals surface area contributed by atoms with Gasteiger partial charge in [-0.25, -0.2) is 8.42 Å². The van der Waals surface area contributed by atoms with Gasteiger partial charge in [0.25, 0.3) is 5.91 Å². The van der Waals surface area contributed by atoms with Crippen LogP contribution in [0.15, 0.2) is 60.7 Å². The Hall–Kier alpha value is -3.40. The molecule has 38 heavy (non-hydrogen) atoms. The average molecular weight is 539 g/mol. The van der Waals surface area contributed by atoms with Crippen LogP contribution in [0.3, 0.4) is 0 Å². The molecule has 0 radical (unpaired) electrons. The Labute approximate surface area is 224 Å². The van der Waals surface area contributed by atoms with Gasteiger partial charge in [0.15, 0.2) is 6.79 Å². The number of hydrogen-bond acceptors (Lipinski definition) is 6. The minimum atomic E-state index is -3.59. The fourth-order valence-electron chi connectivity index (χ4n) is 4.27. The summed E-state index contributed by atoms with van der Waals surface area (Å²) in [7, 11) is -2.02. The summed E-state index contributed by atoms with van der Waals surface area (Å²) in [6.45, 7) is 7.61. The molecule has 1 N–H and O–H groups in total. The van der Waals surface area contributed by atoms with Gasteiger partial charge in [-0.3, -0.25) is 9.52 Å². The summed E-state index contributed by atoms with van der Waals surface area (Å²) in [4.78, 5) is 14.9. The van der Waals surface area contributed by atoms with Crippen LogP contribution in [0.4, 0.5) is 11.4 Å². The van der Waals surface area contributed by atoms with E-state index in [0.717, 1.165) is 22.9 Å². The Morgan fingerprint density at radius 2 is 1.66 bits per heavy atom. The lowest BCUT2D eigenvalue weighted by atomic mass is 9.86. The molecule has 0 atom stereocenters. The van der Waals surface area contributed by atoms with Gasteiger partial charge in [0.05, 0.1) is 31.7 Å². The summed E-state index contributed by atoms with van der Waals surface area (Å²) in [5.41, 5.74) is 5.78. The van der Waals surface area contributed by atoms with Gasteiger partial charge in [-0.05, 0) is 58.0 Å². The van der Waals surface area contributed by atoms with E-state index in [1.54, 1.807) is 30.2 Å². The highest BCUT2D eigenvalue weighted by atomic mass is 32.2. The van der Waals surface area contributed by atoms with Crippen molar-refractivity contribution in [1.29, 1.82) is 0 Å². The number of ether oxygens (including phenoxy) is 3.